The number of rotatable bonds is 3. The van der Waals surface area contributed by atoms with Gasteiger partial charge in [0.05, 0.1) is 24.7 Å². The van der Waals surface area contributed by atoms with Crippen molar-refractivity contribution in [2.45, 2.75) is 51.6 Å². The molecule has 4 nitrogen and oxygen atoms in total. The average molecular weight is 233 g/mol. The van der Waals surface area contributed by atoms with E-state index in [-0.39, 0.29) is 12.0 Å². The van der Waals surface area contributed by atoms with Crippen LogP contribution >= 0.6 is 0 Å². The van der Waals surface area contributed by atoms with E-state index >= 15 is 0 Å². The van der Waals surface area contributed by atoms with Crippen molar-refractivity contribution in [2.75, 3.05) is 0 Å². The first-order valence-electron chi connectivity index (χ1n) is 6.34. The second kappa shape index (κ2) is 5.83. The standard InChI is InChI=1S/C13H19N3O/c1-10-8-16-13(17-10)9-15-12-6-4-2-3-5-11(12)7-14/h8,11-12,15H,2-6,9H2,1H3. The summed E-state index contributed by atoms with van der Waals surface area (Å²) in [7, 11) is 0. The van der Waals surface area contributed by atoms with Gasteiger partial charge in [0.1, 0.15) is 5.76 Å². The smallest absolute Gasteiger partial charge is 0.208 e. The van der Waals surface area contributed by atoms with Gasteiger partial charge in [-0.1, -0.05) is 19.3 Å². The minimum Gasteiger partial charge on any atom is -0.445 e. The summed E-state index contributed by atoms with van der Waals surface area (Å²) in [6, 6.07) is 2.71. The molecule has 0 amide bonds. The number of hydrogen-bond acceptors (Lipinski definition) is 4. The Balaban J connectivity index is 1.90. The Bertz CT molecular complexity index is 394. The van der Waals surface area contributed by atoms with Crippen molar-refractivity contribution in [1.29, 1.82) is 5.26 Å². The molecule has 17 heavy (non-hydrogen) atoms. The fourth-order valence-corrected chi connectivity index (χ4v) is 2.41. The van der Waals surface area contributed by atoms with Gasteiger partial charge in [0.2, 0.25) is 5.89 Å². The third-order valence-corrected chi connectivity index (χ3v) is 3.37. The van der Waals surface area contributed by atoms with Crippen LogP contribution in [-0.2, 0) is 6.54 Å². The van der Waals surface area contributed by atoms with Crippen molar-refractivity contribution < 1.29 is 4.42 Å². The van der Waals surface area contributed by atoms with Gasteiger partial charge in [-0.25, -0.2) is 4.98 Å². The van der Waals surface area contributed by atoms with Gasteiger partial charge in [-0.3, -0.25) is 0 Å². The molecular formula is C13H19N3O. The highest BCUT2D eigenvalue weighted by atomic mass is 16.4. The Kier molecular flexibility index (Phi) is 4.16. The molecular weight excluding hydrogens is 214 g/mol. The van der Waals surface area contributed by atoms with Crippen LogP contribution < -0.4 is 5.32 Å². The molecule has 0 saturated heterocycles. The third kappa shape index (κ3) is 3.31. The molecule has 1 N–H and O–H groups in total. The highest BCUT2D eigenvalue weighted by Crippen LogP contribution is 2.23. The lowest BCUT2D eigenvalue weighted by Gasteiger charge is -2.19. The summed E-state index contributed by atoms with van der Waals surface area (Å²) < 4.78 is 5.42. The predicted molar refractivity (Wildman–Crippen MR) is 64.1 cm³/mol. The quantitative estimate of drug-likeness (QED) is 0.815. The lowest BCUT2D eigenvalue weighted by molar-refractivity contribution is 0.363. The minimum absolute atomic E-state index is 0.133. The summed E-state index contributed by atoms with van der Waals surface area (Å²) in [4.78, 5) is 4.16. The molecule has 0 bridgehead atoms. The zero-order chi connectivity index (χ0) is 12.1. The molecule has 1 aromatic rings. The van der Waals surface area contributed by atoms with Crippen LogP contribution in [-0.4, -0.2) is 11.0 Å². The van der Waals surface area contributed by atoms with Crippen molar-refractivity contribution in [2.24, 2.45) is 5.92 Å². The normalized spacial score (nSPS) is 25.2. The SMILES string of the molecule is Cc1cnc(CNC2CCCCCC2C#N)o1. The summed E-state index contributed by atoms with van der Waals surface area (Å²) >= 11 is 0. The maximum Gasteiger partial charge on any atom is 0.208 e. The van der Waals surface area contributed by atoms with Gasteiger partial charge in [-0.05, 0) is 19.8 Å². The number of hydrogen-bond donors (Lipinski definition) is 1. The van der Waals surface area contributed by atoms with Gasteiger partial charge in [0.15, 0.2) is 0 Å². The van der Waals surface area contributed by atoms with Crippen LogP contribution in [0.2, 0.25) is 0 Å². The molecule has 1 aliphatic rings. The van der Waals surface area contributed by atoms with Crippen LogP contribution in [0, 0.1) is 24.2 Å². The molecule has 2 atom stereocenters. The zero-order valence-corrected chi connectivity index (χ0v) is 10.3. The Morgan fingerprint density at radius 3 is 3.00 bits per heavy atom. The number of nitrogens with zero attached hydrogens (tertiary/aromatic N) is 2. The maximum atomic E-state index is 9.16. The first-order chi connectivity index (χ1) is 8.29. The summed E-state index contributed by atoms with van der Waals surface area (Å²) in [6.45, 7) is 2.51. The molecule has 4 heteroatoms. The number of nitrogens with one attached hydrogen (secondary N) is 1. The second-order valence-electron chi connectivity index (χ2n) is 4.73. The van der Waals surface area contributed by atoms with Crippen LogP contribution in [0.3, 0.4) is 0 Å². The highest BCUT2D eigenvalue weighted by Gasteiger charge is 2.23. The Labute approximate surface area is 102 Å². The topological polar surface area (TPSA) is 61.9 Å². The van der Waals surface area contributed by atoms with Gasteiger partial charge in [0, 0.05) is 6.04 Å². The van der Waals surface area contributed by atoms with Crippen LogP contribution in [0.25, 0.3) is 0 Å². The second-order valence-corrected chi connectivity index (χ2v) is 4.73. The first kappa shape index (κ1) is 12.1. The van der Waals surface area contributed by atoms with Crippen molar-refractivity contribution in [3.05, 3.63) is 17.8 Å². The van der Waals surface area contributed by atoms with Crippen molar-refractivity contribution in [3.63, 3.8) is 0 Å². The maximum absolute atomic E-state index is 9.16. The van der Waals surface area contributed by atoms with E-state index in [4.69, 9.17) is 9.68 Å². The molecule has 92 valence electrons. The van der Waals surface area contributed by atoms with Crippen LogP contribution in [0.5, 0.6) is 0 Å². The predicted octanol–water partition coefficient (Wildman–Crippen LogP) is 2.55. The van der Waals surface area contributed by atoms with E-state index in [1.54, 1.807) is 6.20 Å². The van der Waals surface area contributed by atoms with E-state index in [1.165, 1.54) is 19.3 Å². The lowest BCUT2D eigenvalue weighted by Crippen LogP contribution is -2.34. The number of aromatic nitrogens is 1. The van der Waals surface area contributed by atoms with Crippen LogP contribution in [0.15, 0.2) is 10.6 Å². The van der Waals surface area contributed by atoms with Gasteiger partial charge >= 0.3 is 0 Å². The largest absolute Gasteiger partial charge is 0.445 e. The van der Waals surface area contributed by atoms with E-state index in [1.807, 2.05) is 6.92 Å². The fourth-order valence-electron chi connectivity index (χ4n) is 2.41. The van der Waals surface area contributed by atoms with Crippen LogP contribution in [0.4, 0.5) is 0 Å². The molecule has 0 radical (unpaired) electrons. The minimum atomic E-state index is 0.133. The van der Waals surface area contributed by atoms with Crippen LogP contribution in [0.1, 0.15) is 43.8 Å². The highest BCUT2D eigenvalue weighted by molar-refractivity contribution is 4.95. The fraction of sp³-hybridized carbons (Fsp3) is 0.692. The van der Waals surface area contributed by atoms with E-state index in [0.29, 0.717) is 12.4 Å². The number of aryl methyl sites for hydroxylation is 1. The molecule has 1 aliphatic carbocycles. The molecule has 1 heterocycles. The van der Waals surface area contributed by atoms with E-state index in [2.05, 4.69) is 16.4 Å². The van der Waals surface area contributed by atoms with E-state index in [9.17, 15) is 0 Å². The first-order valence-corrected chi connectivity index (χ1v) is 6.34. The average Bonchev–Trinajstić information content (AvgIpc) is 2.63. The molecule has 0 spiro atoms. The molecule has 1 fully saturated rings. The molecule has 1 aromatic heterocycles. The van der Waals surface area contributed by atoms with E-state index in [0.717, 1.165) is 18.6 Å². The summed E-state index contributed by atoms with van der Waals surface area (Å²) in [5, 5.41) is 12.6. The third-order valence-electron chi connectivity index (χ3n) is 3.37. The summed E-state index contributed by atoms with van der Waals surface area (Å²) in [5.41, 5.74) is 0. The molecule has 0 aliphatic heterocycles. The lowest BCUT2D eigenvalue weighted by atomic mass is 9.96. The molecule has 0 aromatic carbocycles. The van der Waals surface area contributed by atoms with Crippen molar-refractivity contribution >= 4 is 0 Å². The number of nitriles is 1. The Morgan fingerprint density at radius 2 is 2.29 bits per heavy atom. The Hall–Kier alpha value is -1.34. The molecule has 1 saturated carbocycles. The number of oxazole rings is 1. The van der Waals surface area contributed by atoms with Gasteiger partial charge in [-0.15, -0.1) is 0 Å². The summed E-state index contributed by atoms with van der Waals surface area (Å²) in [6.07, 6.45) is 7.45. The molecule has 2 rings (SSSR count). The van der Waals surface area contributed by atoms with Crippen molar-refractivity contribution in [3.8, 4) is 6.07 Å². The van der Waals surface area contributed by atoms with E-state index < -0.39 is 0 Å². The molecule has 2 unspecified atom stereocenters. The van der Waals surface area contributed by atoms with Gasteiger partial charge in [-0.2, -0.15) is 5.26 Å². The van der Waals surface area contributed by atoms with Gasteiger partial charge < -0.3 is 9.73 Å². The van der Waals surface area contributed by atoms with Crippen molar-refractivity contribution in [1.82, 2.24) is 10.3 Å². The van der Waals surface area contributed by atoms with Gasteiger partial charge in [0.25, 0.3) is 0 Å². The Morgan fingerprint density at radius 1 is 1.47 bits per heavy atom. The summed E-state index contributed by atoms with van der Waals surface area (Å²) in [5.74, 6) is 1.68. The zero-order valence-electron chi connectivity index (χ0n) is 10.3. The monoisotopic (exact) mass is 233 g/mol.